The number of rotatable bonds is 11. The quantitative estimate of drug-likeness (QED) is 0.160. The minimum Gasteiger partial charge on any atom is -0.348 e. The van der Waals surface area contributed by atoms with Gasteiger partial charge in [0.1, 0.15) is 0 Å². The van der Waals surface area contributed by atoms with Gasteiger partial charge in [-0.15, -0.1) is 0 Å². The second kappa shape index (κ2) is 14.1. The molecule has 2 aliphatic rings. The van der Waals surface area contributed by atoms with Gasteiger partial charge in [0, 0.05) is 65.3 Å². The van der Waals surface area contributed by atoms with Crippen molar-refractivity contribution >= 4 is 69.0 Å². The van der Waals surface area contributed by atoms with Crippen LogP contribution in [0.3, 0.4) is 0 Å². The Balaban J connectivity index is 1.09. The van der Waals surface area contributed by atoms with Crippen LogP contribution in [0.2, 0.25) is 20.1 Å². The molecule has 1 aromatic heterocycles. The van der Waals surface area contributed by atoms with Gasteiger partial charge in [0.15, 0.2) is 5.78 Å². The first kappa shape index (κ1) is 32.4. The van der Waals surface area contributed by atoms with Gasteiger partial charge in [-0.25, -0.2) is 0 Å². The van der Waals surface area contributed by atoms with Crippen molar-refractivity contribution in [2.45, 2.75) is 77.0 Å². The summed E-state index contributed by atoms with van der Waals surface area (Å²) in [7, 11) is 0. The molecule has 0 spiro atoms. The van der Waals surface area contributed by atoms with Crippen LogP contribution in [0.25, 0.3) is 10.9 Å². The lowest BCUT2D eigenvalue weighted by Gasteiger charge is -2.39. The first-order valence-electron chi connectivity index (χ1n) is 15.8. The Morgan fingerprint density at radius 1 is 0.889 bits per heavy atom. The Morgan fingerprint density at radius 2 is 1.62 bits per heavy atom. The van der Waals surface area contributed by atoms with E-state index in [0.717, 1.165) is 55.2 Å². The molecule has 3 atom stereocenters. The maximum absolute atomic E-state index is 13.4. The number of piperidine rings is 1. The minimum atomic E-state index is -0.104. The van der Waals surface area contributed by atoms with Crippen molar-refractivity contribution in [1.29, 1.82) is 0 Å². The van der Waals surface area contributed by atoms with Crippen LogP contribution in [-0.2, 0) is 19.5 Å². The lowest BCUT2D eigenvalue weighted by Crippen LogP contribution is -2.43. The molecule has 3 heterocycles. The second-order valence-corrected chi connectivity index (χ2v) is 14.1. The Morgan fingerprint density at radius 3 is 2.31 bits per heavy atom. The minimum absolute atomic E-state index is 0.104. The molecule has 2 saturated heterocycles. The number of Topliss-reactive ketones (excluding diaryl/α,β-unsaturated/α-hetero) is 1. The van der Waals surface area contributed by atoms with Crippen molar-refractivity contribution in [3.8, 4) is 0 Å². The van der Waals surface area contributed by atoms with E-state index in [1.54, 1.807) is 30.3 Å². The molecule has 2 bridgehead atoms. The van der Waals surface area contributed by atoms with Crippen molar-refractivity contribution in [2.75, 3.05) is 6.54 Å². The molecule has 0 radical (unpaired) electrons. The summed E-state index contributed by atoms with van der Waals surface area (Å²) >= 11 is 24.5. The molecular formula is C36H37Cl4N3O2. The van der Waals surface area contributed by atoms with E-state index in [0.29, 0.717) is 62.2 Å². The number of fused-ring (bicyclic) bond motifs is 3. The number of aromatic nitrogens is 1. The molecule has 2 fully saturated rings. The second-order valence-electron chi connectivity index (χ2n) is 12.4. The number of nitrogens with one attached hydrogen (secondary N) is 1. The van der Waals surface area contributed by atoms with Crippen LogP contribution in [0.5, 0.6) is 0 Å². The maximum Gasteiger partial charge on any atom is 0.253 e. The van der Waals surface area contributed by atoms with Gasteiger partial charge in [-0.05, 0) is 85.9 Å². The summed E-state index contributed by atoms with van der Waals surface area (Å²) in [6, 6.07) is 17.8. The predicted octanol–water partition coefficient (Wildman–Crippen LogP) is 9.65. The van der Waals surface area contributed by atoms with Crippen LogP contribution < -0.4 is 5.32 Å². The lowest BCUT2D eigenvalue weighted by molar-refractivity contribution is 0.0807. The third-order valence-electron chi connectivity index (χ3n) is 9.50. The highest BCUT2D eigenvalue weighted by Gasteiger charge is 2.40. The third-order valence-corrected chi connectivity index (χ3v) is 10.7. The number of carbonyl (C=O) groups excluding carboxylic acids is 2. The average molecular weight is 686 g/mol. The number of ketones is 1. The van der Waals surface area contributed by atoms with Crippen molar-refractivity contribution in [3.63, 3.8) is 0 Å². The Bertz CT molecular complexity index is 1700. The summed E-state index contributed by atoms with van der Waals surface area (Å²) in [5.74, 6) is 0.405. The first-order valence-corrected chi connectivity index (χ1v) is 17.3. The van der Waals surface area contributed by atoms with E-state index in [1.807, 2.05) is 24.4 Å². The molecule has 236 valence electrons. The number of hydrogen-bond acceptors (Lipinski definition) is 3. The Hall–Kier alpha value is -2.54. The number of carbonyl (C=O) groups is 2. The summed E-state index contributed by atoms with van der Waals surface area (Å²) in [6.07, 6.45) is 8.92. The highest BCUT2D eigenvalue weighted by molar-refractivity contribution is 6.42. The van der Waals surface area contributed by atoms with Gasteiger partial charge >= 0.3 is 0 Å². The van der Waals surface area contributed by atoms with Crippen molar-refractivity contribution < 1.29 is 9.59 Å². The molecule has 1 amide bonds. The number of hydrogen-bond donors (Lipinski definition) is 1. The molecule has 2 aliphatic heterocycles. The SMILES string of the molecule is CCc1cccc2c(C(=O)NCc3ccc(Cl)c(Cl)c3)cn(CCCN3[C@@H]4CC[C@H]3C[C@@H](CC(=O)c3cc(Cl)cc(Cl)c3)C4)c12. The predicted molar refractivity (Wildman–Crippen MR) is 185 cm³/mol. The van der Waals surface area contributed by atoms with Crippen LogP contribution in [0.4, 0.5) is 0 Å². The fourth-order valence-electron chi connectivity index (χ4n) is 7.44. The molecule has 45 heavy (non-hydrogen) atoms. The van der Waals surface area contributed by atoms with E-state index in [9.17, 15) is 9.59 Å². The van der Waals surface area contributed by atoms with E-state index in [4.69, 9.17) is 46.4 Å². The number of benzene rings is 3. The van der Waals surface area contributed by atoms with E-state index < -0.39 is 0 Å². The van der Waals surface area contributed by atoms with Gasteiger partial charge in [0.2, 0.25) is 0 Å². The number of aryl methyl sites for hydroxylation is 2. The smallest absolute Gasteiger partial charge is 0.253 e. The van der Waals surface area contributed by atoms with E-state index in [-0.39, 0.29) is 11.7 Å². The monoisotopic (exact) mass is 683 g/mol. The average Bonchev–Trinajstić information content (AvgIpc) is 3.50. The topological polar surface area (TPSA) is 54.3 Å². The zero-order valence-electron chi connectivity index (χ0n) is 25.3. The summed E-state index contributed by atoms with van der Waals surface area (Å²) in [4.78, 5) is 29.1. The largest absolute Gasteiger partial charge is 0.348 e. The number of para-hydroxylation sites is 1. The van der Waals surface area contributed by atoms with Gasteiger partial charge in [-0.1, -0.05) is 77.6 Å². The zero-order chi connectivity index (χ0) is 31.7. The molecule has 0 aliphatic carbocycles. The summed E-state index contributed by atoms with van der Waals surface area (Å²) in [5, 5.41) is 6.01. The molecule has 0 unspecified atom stereocenters. The molecule has 6 rings (SSSR count). The van der Waals surface area contributed by atoms with Gasteiger partial charge in [-0.2, -0.15) is 0 Å². The van der Waals surface area contributed by atoms with E-state index in [2.05, 4.69) is 27.8 Å². The Kier molecular flexibility index (Phi) is 10.1. The van der Waals surface area contributed by atoms with Crippen LogP contribution >= 0.6 is 46.4 Å². The molecular weight excluding hydrogens is 648 g/mol. The summed E-state index contributed by atoms with van der Waals surface area (Å²) in [5.41, 5.74) is 4.57. The van der Waals surface area contributed by atoms with Crippen molar-refractivity contribution in [1.82, 2.24) is 14.8 Å². The Labute approximate surface area is 284 Å². The molecule has 4 aromatic rings. The van der Waals surface area contributed by atoms with E-state index >= 15 is 0 Å². The summed E-state index contributed by atoms with van der Waals surface area (Å²) < 4.78 is 2.27. The van der Waals surface area contributed by atoms with Crippen LogP contribution in [0, 0.1) is 5.92 Å². The highest BCUT2D eigenvalue weighted by Crippen LogP contribution is 2.40. The third kappa shape index (κ3) is 7.24. The zero-order valence-corrected chi connectivity index (χ0v) is 28.3. The molecule has 5 nitrogen and oxygen atoms in total. The van der Waals surface area contributed by atoms with Crippen molar-refractivity contribution in [2.24, 2.45) is 5.92 Å². The van der Waals surface area contributed by atoms with Crippen LogP contribution in [0.1, 0.15) is 77.3 Å². The van der Waals surface area contributed by atoms with Crippen molar-refractivity contribution in [3.05, 3.63) is 103 Å². The lowest BCUT2D eigenvalue weighted by atomic mass is 9.85. The molecule has 3 aromatic carbocycles. The molecule has 1 N–H and O–H groups in total. The van der Waals surface area contributed by atoms with Crippen LogP contribution in [0.15, 0.2) is 60.8 Å². The summed E-state index contributed by atoms with van der Waals surface area (Å²) in [6.45, 7) is 4.37. The maximum atomic E-state index is 13.4. The number of nitrogens with zero attached hydrogens (tertiary/aromatic N) is 2. The first-order chi connectivity index (χ1) is 21.7. The fraction of sp³-hybridized carbons (Fsp3) is 0.389. The van der Waals surface area contributed by atoms with Gasteiger partial charge in [0.25, 0.3) is 5.91 Å². The van der Waals surface area contributed by atoms with Gasteiger partial charge < -0.3 is 9.88 Å². The standard InChI is InChI=1S/C36H37Cl4N3O2/c1-2-24-5-3-6-30-31(36(45)41-20-22-7-10-32(39)33(40)15-22)21-42(35(24)30)11-4-12-43-28-8-9-29(43)14-23(13-28)16-34(44)25-17-26(37)19-27(38)18-25/h3,5-7,10,15,17-19,21,23,28-29H,2,4,8-9,11-14,16,20H2,1H3,(H,41,45)/t23-,28+,29-. The van der Waals surface area contributed by atoms with Gasteiger partial charge in [0.05, 0.1) is 21.1 Å². The van der Waals surface area contributed by atoms with Gasteiger partial charge in [-0.3, -0.25) is 14.5 Å². The van der Waals surface area contributed by atoms with Crippen LogP contribution in [-0.4, -0.2) is 39.8 Å². The highest BCUT2D eigenvalue weighted by atomic mass is 35.5. The number of halogens is 4. The van der Waals surface area contributed by atoms with E-state index in [1.165, 1.54) is 18.4 Å². The normalized spacial score (nSPS) is 19.7. The number of amides is 1. The molecule has 0 saturated carbocycles. The molecule has 9 heteroatoms. The fourth-order valence-corrected chi connectivity index (χ4v) is 8.29.